The number of methoxy groups -OCH3 is 2. The number of hydrogen-bond donors (Lipinski definition) is 1. The van der Waals surface area contributed by atoms with Crippen molar-refractivity contribution in [2.75, 3.05) is 20.8 Å². The molecule has 2 unspecified atom stereocenters. The van der Waals surface area contributed by atoms with Crippen molar-refractivity contribution in [1.82, 2.24) is 5.32 Å². The van der Waals surface area contributed by atoms with Crippen LogP contribution in [0.3, 0.4) is 0 Å². The molecule has 2 atom stereocenters. The van der Waals surface area contributed by atoms with Crippen molar-refractivity contribution >= 4 is 17.8 Å². The van der Waals surface area contributed by atoms with Gasteiger partial charge in [-0.3, -0.25) is 4.79 Å². The topological polar surface area (TPSA) is 114 Å². The normalized spacial score (nSPS) is 16.0. The summed E-state index contributed by atoms with van der Waals surface area (Å²) in [4.78, 5) is 35.6. The zero-order valence-corrected chi connectivity index (χ0v) is 26.5. The molecule has 1 aliphatic rings. The van der Waals surface area contributed by atoms with Crippen LogP contribution in [0.15, 0.2) is 66.7 Å². The number of carbonyl (C=O) groups excluding carboxylic acids is 3. The summed E-state index contributed by atoms with van der Waals surface area (Å²) in [6.07, 6.45) is 4.66. The summed E-state index contributed by atoms with van der Waals surface area (Å²) in [5.41, 5.74) is 2.74. The second kappa shape index (κ2) is 16.5. The lowest BCUT2D eigenvalue weighted by molar-refractivity contribution is 0.0600. The highest BCUT2D eigenvalue weighted by Crippen LogP contribution is 2.27. The number of hydrogen-bond acceptors (Lipinski definition) is 7. The van der Waals surface area contributed by atoms with Gasteiger partial charge in [0.25, 0.3) is 5.91 Å². The number of carbonyl (C=O) groups is 2. The predicted molar refractivity (Wildman–Crippen MR) is 172 cm³/mol. The van der Waals surface area contributed by atoms with E-state index in [0.29, 0.717) is 25.4 Å². The van der Waals surface area contributed by atoms with Gasteiger partial charge in [0.05, 0.1) is 30.9 Å². The van der Waals surface area contributed by atoms with Crippen molar-refractivity contribution < 1.29 is 38.1 Å². The second-order valence-electron chi connectivity index (χ2n) is 11.5. The van der Waals surface area contributed by atoms with Crippen LogP contribution in [0, 0.1) is 5.92 Å². The lowest BCUT2D eigenvalue weighted by atomic mass is 9.85. The van der Waals surface area contributed by atoms with Crippen LogP contribution in [0.4, 0.5) is 0 Å². The van der Waals surface area contributed by atoms with Crippen LogP contribution in [-0.4, -0.2) is 55.6 Å². The molecule has 0 spiro atoms. The fraction of sp³-hybridized carbons (Fsp3) is 0.417. The average Bonchev–Trinajstić information content (AvgIpc) is 3.06. The van der Waals surface area contributed by atoms with E-state index in [1.807, 2.05) is 62.4 Å². The second-order valence-corrected chi connectivity index (χ2v) is 11.5. The smallest absolute Gasteiger partial charge is 0.485 e. The molecule has 2 N–H and O–H groups in total. The third kappa shape index (κ3) is 9.99. The fourth-order valence-electron chi connectivity index (χ4n) is 5.37. The molecular formula is C36H44NO8+. The van der Waals surface area contributed by atoms with Crippen molar-refractivity contribution in [3.05, 3.63) is 89.0 Å². The number of rotatable bonds is 14. The Morgan fingerprint density at radius 2 is 1.60 bits per heavy atom. The van der Waals surface area contributed by atoms with Gasteiger partial charge in [-0.2, -0.15) is 0 Å². The Kier molecular flexibility index (Phi) is 12.2. The van der Waals surface area contributed by atoms with Gasteiger partial charge in [-0.1, -0.05) is 30.7 Å². The first-order chi connectivity index (χ1) is 21.7. The molecule has 0 radical (unpaired) electrons. The number of aryl methyl sites for hydroxylation is 1. The highest BCUT2D eigenvalue weighted by Gasteiger charge is 2.33. The SMILES string of the molecule is COC(=O)c1ccc(OCCCc2ccc(OCc3ccc(OC(C)C)cc3)cc2)c(C(=O)NC2CCCC(C(=[OH+])OC)C2)c1. The first-order valence-electron chi connectivity index (χ1n) is 15.5. The Labute approximate surface area is 265 Å². The number of esters is 2. The Morgan fingerprint density at radius 1 is 0.889 bits per heavy atom. The standard InChI is InChI=1S/C36H43NO8/c1-24(2)45-31-17-12-26(13-18-31)23-44-30-15-10-25(11-16-30)7-6-20-43-33-19-14-28(36(40)42-4)22-32(33)34(38)37-29-9-5-8-27(21-29)35(39)41-3/h10-19,22,24,27,29H,5-9,20-21,23H2,1-4H3,(H,37,38)/p+1. The molecule has 0 bridgehead atoms. The molecule has 0 aliphatic heterocycles. The van der Waals surface area contributed by atoms with Crippen LogP contribution < -0.4 is 19.5 Å². The maximum absolute atomic E-state index is 13.4. The Balaban J connectivity index is 1.29. The van der Waals surface area contributed by atoms with Gasteiger partial charge in [-0.05, 0) is 99.5 Å². The van der Waals surface area contributed by atoms with E-state index in [1.54, 1.807) is 12.1 Å². The summed E-state index contributed by atoms with van der Waals surface area (Å²) >= 11 is 0. The van der Waals surface area contributed by atoms with Gasteiger partial charge >= 0.3 is 11.9 Å². The molecule has 240 valence electrons. The summed E-state index contributed by atoms with van der Waals surface area (Å²) in [7, 11) is 2.74. The number of ether oxygens (including phenoxy) is 5. The van der Waals surface area contributed by atoms with Gasteiger partial charge in [0.1, 0.15) is 29.8 Å². The predicted octanol–water partition coefficient (Wildman–Crippen LogP) is 6.29. The van der Waals surface area contributed by atoms with Crippen molar-refractivity contribution in [2.24, 2.45) is 5.92 Å². The fourth-order valence-corrected chi connectivity index (χ4v) is 5.37. The van der Waals surface area contributed by atoms with Crippen molar-refractivity contribution in [1.29, 1.82) is 0 Å². The molecule has 0 heterocycles. The summed E-state index contributed by atoms with van der Waals surface area (Å²) in [5.74, 6) is 1.02. The zero-order chi connectivity index (χ0) is 32.2. The highest BCUT2D eigenvalue weighted by molar-refractivity contribution is 6.00. The van der Waals surface area contributed by atoms with E-state index in [0.717, 1.165) is 54.7 Å². The average molecular weight is 619 g/mol. The zero-order valence-electron chi connectivity index (χ0n) is 26.5. The number of benzene rings is 3. The molecule has 0 saturated heterocycles. The summed E-state index contributed by atoms with van der Waals surface area (Å²) in [6.45, 7) is 4.85. The van der Waals surface area contributed by atoms with Gasteiger partial charge in [0.15, 0.2) is 7.11 Å². The van der Waals surface area contributed by atoms with E-state index in [-0.39, 0.29) is 41.1 Å². The summed E-state index contributed by atoms with van der Waals surface area (Å²) in [5, 5.41) is 3.05. The molecule has 1 fully saturated rings. The van der Waals surface area contributed by atoms with Gasteiger partial charge in [0, 0.05) is 6.04 Å². The van der Waals surface area contributed by atoms with Gasteiger partial charge in [-0.15, -0.1) is 0 Å². The van der Waals surface area contributed by atoms with Crippen LogP contribution in [0.1, 0.15) is 77.8 Å². The van der Waals surface area contributed by atoms with E-state index < -0.39 is 5.97 Å². The Morgan fingerprint density at radius 3 is 2.29 bits per heavy atom. The summed E-state index contributed by atoms with van der Waals surface area (Å²) < 4.78 is 27.5. The largest absolute Gasteiger partial charge is 0.493 e. The third-order valence-electron chi connectivity index (χ3n) is 7.70. The van der Waals surface area contributed by atoms with Crippen molar-refractivity contribution in [3.8, 4) is 17.2 Å². The van der Waals surface area contributed by atoms with Crippen molar-refractivity contribution in [2.45, 2.75) is 71.1 Å². The van der Waals surface area contributed by atoms with E-state index in [4.69, 9.17) is 23.7 Å². The van der Waals surface area contributed by atoms with E-state index in [9.17, 15) is 14.4 Å². The molecule has 1 saturated carbocycles. The Bertz CT molecular complexity index is 1420. The van der Waals surface area contributed by atoms with Gasteiger partial charge in [0.2, 0.25) is 0 Å². The molecule has 3 aromatic rings. The van der Waals surface area contributed by atoms with E-state index in [2.05, 4.69) is 5.32 Å². The molecule has 45 heavy (non-hydrogen) atoms. The minimum Gasteiger partial charge on any atom is -0.493 e. The quantitative estimate of drug-likeness (QED) is 0.128. The Hall–Kier alpha value is -4.53. The molecule has 0 aromatic heterocycles. The monoisotopic (exact) mass is 618 g/mol. The minimum atomic E-state index is -0.533. The number of nitrogens with one attached hydrogen (secondary N) is 1. The molecule has 9 nitrogen and oxygen atoms in total. The van der Waals surface area contributed by atoms with E-state index in [1.165, 1.54) is 20.3 Å². The molecule has 9 heteroatoms. The minimum absolute atomic E-state index is 0.00789. The van der Waals surface area contributed by atoms with Crippen LogP contribution in [0.5, 0.6) is 17.2 Å². The third-order valence-corrected chi connectivity index (χ3v) is 7.70. The first-order valence-corrected chi connectivity index (χ1v) is 15.5. The van der Waals surface area contributed by atoms with Gasteiger partial charge in [-0.25, -0.2) is 4.79 Å². The van der Waals surface area contributed by atoms with E-state index >= 15 is 0 Å². The molecule has 4 rings (SSSR count). The van der Waals surface area contributed by atoms with Crippen LogP contribution in [0.25, 0.3) is 0 Å². The molecule has 1 amide bonds. The van der Waals surface area contributed by atoms with Crippen LogP contribution in [0.2, 0.25) is 0 Å². The maximum Gasteiger partial charge on any atom is 0.485 e. The molecule has 3 aromatic carbocycles. The lowest BCUT2D eigenvalue weighted by Crippen LogP contribution is -2.40. The number of amides is 1. The lowest BCUT2D eigenvalue weighted by Gasteiger charge is -2.26. The highest BCUT2D eigenvalue weighted by atomic mass is 16.5. The van der Waals surface area contributed by atoms with Crippen LogP contribution in [-0.2, 0) is 22.5 Å². The molecule has 1 aliphatic carbocycles. The van der Waals surface area contributed by atoms with Crippen molar-refractivity contribution in [3.63, 3.8) is 0 Å². The first kappa shape index (κ1) is 33.4. The van der Waals surface area contributed by atoms with Gasteiger partial charge < -0.3 is 33.8 Å². The molecular weight excluding hydrogens is 574 g/mol. The van der Waals surface area contributed by atoms with Crippen LogP contribution >= 0.6 is 0 Å². The summed E-state index contributed by atoms with van der Waals surface area (Å²) in [6, 6.07) is 20.5. The maximum atomic E-state index is 13.4.